The summed E-state index contributed by atoms with van der Waals surface area (Å²) >= 11 is 0. The minimum absolute atomic E-state index is 0.114. The number of aryl methyl sites for hydroxylation is 1. The molecule has 29 heavy (non-hydrogen) atoms. The number of carbonyl (C=O) groups is 1. The monoisotopic (exact) mass is 397 g/mol. The Bertz CT molecular complexity index is 769. The fraction of sp³-hybridized carbons (Fsp3) is 0.435. The van der Waals surface area contributed by atoms with Gasteiger partial charge in [0.1, 0.15) is 18.3 Å². The van der Waals surface area contributed by atoms with Gasteiger partial charge in [0.15, 0.2) is 6.10 Å². The number of rotatable bonds is 8. The second kappa shape index (κ2) is 9.87. The average Bonchev–Trinajstić information content (AvgIpc) is 3.34. The van der Waals surface area contributed by atoms with Crippen LogP contribution in [0.15, 0.2) is 60.7 Å². The van der Waals surface area contributed by atoms with Gasteiger partial charge < -0.3 is 24.3 Å². The van der Waals surface area contributed by atoms with Crippen LogP contribution in [0.3, 0.4) is 0 Å². The van der Waals surface area contributed by atoms with Crippen molar-refractivity contribution in [2.75, 3.05) is 19.8 Å². The molecule has 1 amide bonds. The van der Waals surface area contributed by atoms with Crippen molar-refractivity contribution >= 4 is 6.09 Å². The summed E-state index contributed by atoms with van der Waals surface area (Å²) in [5.41, 5.74) is 2.33. The molecule has 154 valence electrons. The molecule has 0 bridgehead atoms. The third kappa shape index (κ3) is 5.35. The lowest BCUT2D eigenvalue weighted by Gasteiger charge is -2.17. The topological polar surface area (TPSA) is 66.0 Å². The van der Waals surface area contributed by atoms with E-state index in [9.17, 15) is 4.79 Å². The maximum atomic E-state index is 12.1. The van der Waals surface area contributed by atoms with E-state index >= 15 is 0 Å². The summed E-state index contributed by atoms with van der Waals surface area (Å²) < 4.78 is 23.2. The van der Waals surface area contributed by atoms with Crippen LogP contribution in [-0.2, 0) is 31.9 Å². The molecule has 2 aliphatic heterocycles. The van der Waals surface area contributed by atoms with Crippen LogP contribution in [0.1, 0.15) is 17.5 Å². The molecule has 2 aliphatic rings. The summed E-state index contributed by atoms with van der Waals surface area (Å²) in [5, 5.41) is 2.77. The van der Waals surface area contributed by atoms with Gasteiger partial charge in [-0.05, 0) is 24.0 Å². The molecule has 6 heteroatoms. The molecular weight excluding hydrogens is 370 g/mol. The van der Waals surface area contributed by atoms with Crippen molar-refractivity contribution < 1.29 is 23.7 Å². The Morgan fingerprint density at radius 3 is 2.24 bits per heavy atom. The standard InChI is InChI=1S/C23H27NO5/c25-23(24-14-18-10-5-2-6-11-18)29-20-16-28-21-19(15-27-22(20)21)26-13-7-12-17-8-3-1-4-9-17/h1-6,8-11,19-22H,7,12-16H2,(H,24,25)/t19-,20+,21-,22-/m1/s1. The van der Waals surface area contributed by atoms with Gasteiger partial charge in [-0.25, -0.2) is 4.79 Å². The lowest BCUT2D eigenvalue weighted by atomic mass is 10.1. The molecule has 2 aromatic carbocycles. The third-order valence-electron chi connectivity index (χ3n) is 5.29. The Balaban J connectivity index is 1.17. The number of ether oxygens (including phenoxy) is 4. The number of benzene rings is 2. The average molecular weight is 397 g/mol. The number of fused-ring (bicyclic) bond motifs is 1. The van der Waals surface area contributed by atoms with Gasteiger partial charge in [0.25, 0.3) is 0 Å². The van der Waals surface area contributed by atoms with Crippen LogP contribution < -0.4 is 5.32 Å². The van der Waals surface area contributed by atoms with E-state index in [1.807, 2.05) is 48.5 Å². The third-order valence-corrected chi connectivity index (χ3v) is 5.29. The van der Waals surface area contributed by atoms with E-state index < -0.39 is 12.2 Å². The first-order chi connectivity index (χ1) is 14.3. The maximum absolute atomic E-state index is 12.1. The molecule has 0 spiro atoms. The minimum atomic E-state index is -0.459. The Labute approximate surface area is 171 Å². The van der Waals surface area contributed by atoms with E-state index in [-0.39, 0.29) is 18.3 Å². The normalized spacial score (nSPS) is 25.5. The first-order valence-corrected chi connectivity index (χ1v) is 10.2. The zero-order chi connectivity index (χ0) is 19.9. The van der Waals surface area contributed by atoms with Crippen molar-refractivity contribution in [3.63, 3.8) is 0 Å². The smallest absolute Gasteiger partial charge is 0.407 e. The van der Waals surface area contributed by atoms with Crippen LogP contribution in [0.2, 0.25) is 0 Å². The summed E-state index contributed by atoms with van der Waals surface area (Å²) in [4.78, 5) is 12.1. The number of alkyl carbamates (subject to hydrolysis) is 1. The van der Waals surface area contributed by atoms with Gasteiger partial charge in [-0.2, -0.15) is 0 Å². The largest absolute Gasteiger partial charge is 0.441 e. The molecule has 4 atom stereocenters. The first-order valence-electron chi connectivity index (χ1n) is 10.2. The predicted octanol–water partition coefficient (Wildman–Crippen LogP) is 3.10. The molecule has 0 aromatic heterocycles. The van der Waals surface area contributed by atoms with Crippen LogP contribution in [0.25, 0.3) is 0 Å². The summed E-state index contributed by atoms with van der Waals surface area (Å²) in [5.74, 6) is 0. The second-order valence-corrected chi connectivity index (χ2v) is 7.38. The molecule has 0 unspecified atom stereocenters. The van der Waals surface area contributed by atoms with Gasteiger partial charge in [0.2, 0.25) is 0 Å². The molecule has 2 heterocycles. The molecule has 1 N–H and O–H groups in total. The van der Waals surface area contributed by atoms with E-state index in [2.05, 4.69) is 17.4 Å². The van der Waals surface area contributed by atoms with Gasteiger partial charge in [-0.3, -0.25) is 0 Å². The fourth-order valence-electron chi connectivity index (χ4n) is 3.78. The maximum Gasteiger partial charge on any atom is 0.407 e. The molecule has 6 nitrogen and oxygen atoms in total. The number of nitrogens with one attached hydrogen (secondary N) is 1. The molecule has 0 radical (unpaired) electrons. The van der Waals surface area contributed by atoms with Crippen molar-refractivity contribution in [1.29, 1.82) is 0 Å². The summed E-state index contributed by atoms with van der Waals surface area (Å²) in [7, 11) is 0. The van der Waals surface area contributed by atoms with Crippen molar-refractivity contribution in [3.05, 3.63) is 71.8 Å². The van der Waals surface area contributed by atoms with E-state index in [1.165, 1.54) is 5.56 Å². The molecule has 0 saturated carbocycles. The van der Waals surface area contributed by atoms with E-state index in [0.717, 1.165) is 18.4 Å². The van der Waals surface area contributed by atoms with E-state index in [4.69, 9.17) is 18.9 Å². The highest BCUT2D eigenvalue weighted by molar-refractivity contribution is 5.67. The lowest BCUT2D eigenvalue weighted by Crippen LogP contribution is -2.37. The SMILES string of the molecule is O=C(NCc1ccccc1)O[C@H]1CO[C@H]2[C@@H]1OC[C@H]2OCCCc1ccccc1. The van der Waals surface area contributed by atoms with Crippen molar-refractivity contribution in [2.45, 2.75) is 43.8 Å². The highest BCUT2D eigenvalue weighted by atomic mass is 16.7. The summed E-state index contributed by atoms with van der Waals surface area (Å²) in [6, 6.07) is 20.1. The van der Waals surface area contributed by atoms with Crippen molar-refractivity contribution in [3.8, 4) is 0 Å². The van der Waals surface area contributed by atoms with E-state index in [0.29, 0.717) is 26.4 Å². The van der Waals surface area contributed by atoms with E-state index in [1.54, 1.807) is 0 Å². The molecule has 0 aliphatic carbocycles. The number of carbonyl (C=O) groups excluding carboxylic acids is 1. The molecular formula is C23H27NO5. The molecule has 2 saturated heterocycles. The van der Waals surface area contributed by atoms with Gasteiger partial charge >= 0.3 is 6.09 Å². The zero-order valence-corrected chi connectivity index (χ0v) is 16.4. The van der Waals surface area contributed by atoms with Gasteiger partial charge in [-0.15, -0.1) is 0 Å². The molecule has 4 rings (SSSR count). The van der Waals surface area contributed by atoms with Crippen LogP contribution in [-0.4, -0.2) is 50.3 Å². The molecule has 2 aromatic rings. The van der Waals surface area contributed by atoms with Crippen LogP contribution >= 0.6 is 0 Å². The number of hydrogen-bond acceptors (Lipinski definition) is 5. The Kier molecular flexibility index (Phi) is 6.77. The van der Waals surface area contributed by atoms with Crippen LogP contribution in [0, 0.1) is 0 Å². The second-order valence-electron chi connectivity index (χ2n) is 7.38. The summed E-state index contributed by atoms with van der Waals surface area (Å²) in [6.45, 7) is 1.87. The Hall–Kier alpha value is -2.41. The fourth-order valence-corrected chi connectivity index (χ4v) is 3.78. The minimum Gasteiger partial charge on any atom is -0.441 e. The highest BCUT2D eigenvalue weighted by Gasteiger charge is 2.50. The van der Waals surface area contributed by atoms with Gasteiger partial charge in [0.05, 0.1) is 13.2 Å². The Morgan fingerprint density at radius 1 is 0.897 bits per heavy atom. The Morgan fingerprint density at radius 2 is 1.52 bits per heavy atom. The van der Waals surface area contributed by atoms with Crippen molar-refractivity contribution in [1.82, 2.24) is 5.32 Å². The van der Waals surface area contributed by atoms with Crippen LogP contribution in [0.4, 0.5) is 4.79 Å². The van der Waals surface area contributed by atoms with Crippen LogP contribution in [0.5, 0.6) is 0 Å². The highest BCUT2D eigenvalue weighted by Crippen LogP contribution is 2.30. The molecule has 2 fully saturated rings. The van der Waals surface area contributed by atoms with Crippen molar-refractivity contribution in [2.24, 2.45) is 0 Å². The lowest BCUT2D eigenvalue weighted by molar-refractivity contribution is -0.0388. The first kappa shape index (κ1) is 19.9. The quantitative estimate of drug-likeness (QED) is 0.694. The summed E-state index contributed by atoms with van der Waals surface area (Å²) in [6.07, 6.45) is 0.496. The van der Waals surface area contributed by atoms with Gasteiger partial charge in [0, 0.05) is 13.2 Å². The number of hydrogen-bond donors (Lipinski definition) is 1. The predicted molar refractivity (Wildman–Crippen MR) is 108 cm³/mol. The zero-order valence-electron chi connectivity index (χ0n) is 16.4. The van der Waals surface area contributed by atoms with Gasteiger partial charge in [-0.1, -0.05) is 60.7 Å². The number of amides is 1.